The minimum absolute atomic E-state index is 0.000298. The van der Waals surface area contributed by atoms with Gasteiger partial charge in [-0.3, -0.25) is 4.79 Å². The van der Waals surface area contributed by atoms with Crippen molar-refractivity contribution in [2.75, 3.05) is 14.2 Å². The molecule has 1 aliphatic carbocycles. The second-order valence-corrected chi connectivity index (χ2v) is 6.95. The summed E-state index contributed by atoms with van der Waals surface area (Å²) >= 11 is 0. The number of amides is 1. The molecule has 0 spiro atoms. The van der Waals surface area contributed by atoms with Gasteiger partial charge < -0.3 is 14.4 Å². The summed E-state index contributed by atoms with van der Waals surface area (Å²) < 4.78 is 12.7. The fourth-order valence-corrected chi connectivity index (χ4v) is 3.45. The quantitative estimate of drug-likeness (QED) is 0.629. The van der Waals surface area contributed by atoms with Gasteiger partial charge in [0.1, 0.15) is 17.0 Å². The first-order valence-electron chi connectivity index (χ1n) is 9.49. The van der Waals surface area contributed by atoms with E-state index >= 15 is 0 Å². The molecule has 2 aromatic carbocycles. The van der Waals surface area contributed by atoms with Gasteiger partial charge in [-0.15, -0.1) is 5.10 Å². The Balaban J connectivity index is 1.64. The van der Waals surface area contributed by atoms with Crippen molar-refractivity contribution in [1.29, 1.82) is 0 Å². The minimum Gasteiger partial charge on any atom is -0.497 e. The topological polar surface area (TPSA) is 69.5 Å². The van der Waals surface area contributed by atoms with Gasteiger partial charge in [0.15, 0.2) is 0 Å². The molecule has 0 N–H and O–H groups in total. The van der Waals surface area contributed by atoms with E-state index in [4.69, 9.17) is 9.47 Å². The number of fused-ring (bicyclic) bond motifs is 1. The number of carbonyl (C=O) groups excluding carboxylic acids is 1. The molecule has 3 aromatic rings. The summed E-state index contributed by atoms with van der Waals surface area (Å²) in [4.78, 5) is 15.2. The third-order valence-electron chi connectivity index (χ3n) is 5.14. The Morgan fingerprint density at radius 3 is 2.68 bits per heavy atom. The van der Waals surface area contributed by atoms with Crippen molar-refractivity contribution in [3.8, 4) is 11.5 Å². The Bertz CT molecular complexity index is 1010. The number of hydrogen-bond donors (Lipinski definition) is 0. The molecule has 28 heavy (non-hydrogen) atoms. The number of rotatable bonds is 7. The van der Waals surface area contributed by atoms with Crippen LogP contribution in [0.1, 0.15) is 35.7 Å². The van der Waals surface area contributed by atoms with Gasteiger partial charge in [0.05, 0.1) is 26.3 Å². The molecule has 1 aromatic heterocycles. The average molecular weight is 380 g/mol. The Kier molecular flexibility index (Phi) is 4.90. The van der Waals surface area contributed by atoms with Gasteiger partial charge in [-0.25, -0.2) is 4.68 Å². The summed E-state index contributed by atoms with van der Waals surface area (Å²) in [6.45, 7) is 3.24. The fraction of sp³-hybridized carbons (Fsp3) is 0.381. The molecule has 1 aliphatic rings. The van der Waals surface area contributed by atoms with Crippen LogP contribution in [0.15, 0.2) is 36.4 Å². The monoisotopic (exact) mass is 380 g/mol. The second-order valence-electron chi connectivity index (χ2n) is 6.95. The standard InChI is InChI=1S/C21H24N4O3/c1-4-25-19-9-5-14(12-18(19)22-23-25)21(26)24(16-6-7-16)13-15-11-17(27-2)8-10-20(15)28-3/h5,8-12,16H,4,6-7,13H2,1-3H3. The predicted molar refractivity (Wildman–Crippen MR) is 106 cm³/mol. The summed E-state index contributed by atoms with van der Waals surface area (Å²) in [5, 5.41) is 8.32. The van der Waals surface area contributed by atoms with Crippen LogP contribution < -0.4 is 9.47 Å². The van der Waals surface area contributed by atoms with Crippen molar-refractivity contribution in [3.63, 3.8) is 0 Å². The minimum atomic E-state index is 0.000298. The van der Waals surface area contributed by atoms with Crippen molar-refractivity contribution < 1.29 is 14.3 Å². The highest BCUT2D eigenvalue weighted by Gasteiger charge is 2.34. The van der Waals surface area contributed by atoms with E-state index in [1.54, 1.807) is 14.2 Å². The highest BCUT2D eigenvalue weighted by molar-refractivity contribution is 5.97. The molecular formula is C21H24N4O3. The third-order valence-corrected chi connectivity index (χ3v) is 5.14. The van der Waals surface area contributed by atoms with E-state index in [0.717, 1.165) is 47.5 Å². The van der Waals surface area contributed by atoms with E-state index in [1.165, 1.54) is 0 Å². The maximum Gasteiger partial charge on any atom is 0.254 e. The molecule has 1 fully saturated rings. The van der Waals surface area contributed by atoms with Crippen molar-refractivity contribution in [2.45, 2.75) is 38.9 Å². The van der Waals surface area contributed by atoms with Crippen molar-refractivity contribution in [3.05, 3.63) is 47.5 Å². The number of hydrogen-bond acceptors (Lipinski definition) is 5. The highest BCUT2D eigenvalue weighted by Crippen LogP contribution is 2.33. The van der Waals surface area contributed by atoms with Crippen LogP contribution in [0.4, 0.5) is 0 Å². The van der Waals surface area contributed by atoms with Gasteiger partial charge in [0, 0.05) is 23.7 Å². The third kappa shape index (κ3) is 3.40. The Labute approximate surface area is 163 Å². The Morgan fingerprint density at radius 1 is 1.18 bits per heavy atom. The Morgan fingerprint density at radius 2 is 2.00 bits per heavy atom. The van der Waals surface area contributed by atoms with Gasteiger partial charge >= 0.3 is 0 Å². The lowest BCUT2D eigenvalue weighted by Gasteiger charge is -2.24. The first kappa shape index (κ1) is 18.3. The summed E-state index contributed by atoms with van der Waals surface area (Å²) in [5.74, 6) is 1.50. The van der Waals surface area contributed by atoms with Crippen molar-refractivity contribution in [2.24, 2.45) is 0 Å². The molecule has 7 heteroatoms. The summed E-state index contributed by atoms with van der Waals surface area (Å²) in [7, 11) is 3.27. The first-order chi connectivity index (χ1) is 13.6. The summed E-state index contributed by atoms with van der Waals surface area (Å²) in [5.41, 5.74) is 3.23. The Hall–Kier alpha value is -3.09. The van der Waals surface area contributed by atoms with Gasteiger partial charge in [-0.2, -0.15) is 0 Å². The predicted octanol–water partition coefficient (Wildman–Crippen LogP) is 3.27. The van der Waals surface area contributed by atoms with Crippen LogP contribution in [0.25, 0.3) is 11.0 Å². The lowest BCUT2D eigenvalue weighted by atomic mass is 10.1. The molecule has 0 saturated heterocycles. The van der Waals surface area contributed by atoms with Crippen LogP contribution in [-0.4, -0.2) is 46.1 Å². The maximum atomic E-state index is 13.3. The van der Waals surface area contributed by atoms with Crippen LogP contribution in [0.5, 0.6) is 11.5 Å². The molecule has 0 radical (unpaired) electrons. The number of carbonyl (C=O) groups is 1. The van der Waals surface area contributed by atoms with E-state index in [0.29, 0.717) is 12.1 Å². The molecule has 0 unspecified atom stereocenters. The van der Waals surface area contributed by atoms with E-state index in [-0.39, 0.29) is 11.9 Å². The fourth-order valence-electron chi connectivity index (χ4n) is 3.45. The largest absolute Gasteiger partial charge is 0.497 e. The molecule has 0 atom stereocenters. The maximum absolute atomic E-state index is 13.3. The zero-order chi connectivity index (χ0) is 19.7. The lowest BCUT2D eigenvalue weighted by Crippen LogP contribution is -2.32. The molecule has 1 heterocycles. The van der Waals surface area contributed by atoms with E-state index < -0.39 is 0 Å². The molecule has 4 rings (SSSR count). The molecule has 1 saturated carbocycles. The van der Waals surface area contributed by atoms with Crippen LogP contribution in [0.2, 0.25) is 0 Å². The van der Waals surface area contributed by atoms with E-state index in [9.17, 15) is 4.79 Å². The number of methoxy groups -OCH3 is 2. The number of ether oxygens (including phenoxy) is 2. The number of aryl methyl sites for hydroxylation is 1. The van der Waals surface area contributed by atoms with Crippen LogP contribution in [0.3, 0.4) is 0 Å². The molecule has 0 bridgehead atoms. The molecule has 7 nitrogen and oxygen atoms in total. The van der Waals surface area contributed by atoms with Gasteiger partial charge in [0.25, 0.3) is 5.91 Å². The number of benzene rings is 2. The molecule has 1 amide bonds. The molecule has 0 aliphatic heterocycles. The normalized spacial score (nSPS) is 13.5. The SMILES string of the molecule is CCn1nnc2cc(C(=O)N(Cc3cc(OC)ccc3OC)C3CC3)ccc21. The smallest absolute Gasteiger partial charge is 0.254 e. The number of nitrogens with zero attached hydrogens (tertiary/aromatic N) is 4. The van der Waals surface area contributed by atoms with Crippen LogP contribution >= 0.6 is 0 Å². The molecule has 146 valence electrons. The summed E-state index contributed by atoms with van der Waals surface area (Å²) in [6.07, 6.45) is 2.04. The zero-order valence-corrected chi connectivity index (χ0v) is 16.4. The first-order valence-corrected chi connectivity index (χ1v) is 9.49. The van der Waals surface area contributed by atoms with E-state index in [2.05, 4.69) is 10.3 Å². The van der Waals surface area contributed by atoms with Crippen molar-refractivity contribution in [1.82, 2.24) is 19.9 Å². The van der Waals surface area contributed by atoms with E-state index in [1.807, 2.05) is 52.9 Å². The van der Waals surface area contributed by atoms with Gasteiger partial charge in [-0.1, -0.05) is 5.21 Å². The summed E-state index contributed by atoms with van der Waals surface area (Å²) in [6, 6.07) is 11.5. The number of aromatic nitrogens is 3. The second kappa shape index (κ2) is 7.50. The lowest BCUT2D eigenvalue weighted by molar-refractivity contribution is 0.0728. The average Bonchev–Trinajstić information content (AvgIpc) is 3.49. The van der Waals surface area contributed by atoms with Crippen LogP contribution in [-0.2, 0) is 13.1 Å². The van der Waals surface area contributed by atoms with Crippen LogP contribution in [0, 0.1) is 0 Å². The van der Waals surface area contributed by atoms with Gasteiger partial charge in [-0.05, 0) is 56.2 Å². The highest BCUT2D eigenvalue weighted by atomic mass is 16.5. The zero-order valence-electron chi connectivity index (χ0n) is 16.4. The van der Waals surface area contributed by atoms with Crippen molar-refractivity contribution >= 4 is 16.9 Å². The molecular weight excluding hydrogens is 356 g/mol. The van der Waals surface area contributed by atoms with Gasteiger partial charge in [0.2, 0.25) is 0 Å².